The highest BCUT2D eigenvalue weighted by Crippen LogP contribution is 2.32. The van der Waals surface area contributed by atoms with Gasteiger partial charge in [0.2, 0.25) is 0 Å². The van der Waals surface area contributed by atoms with E-state index < -0.39 is 21.6 Å². The zero-order chi connectivity index (χ0) is 32.2. The van der Waals surface area contributed by atoms with Crippen LogP contribution in [0.4, 0.5) is 17.2 Å². The van der Waals surface area contributed by atoms with Gasteiger partial charge < -0.3 is 15.4 Å². The van der Waals surface area contributed by atoms with Crippen LogP contribution in [-0.4, -0.2) is 45.5 Å². The number of nitrogens with two attached hydrogens (primary N) is 1. The van der Waals surface area contributed by atoms with E-state index in [0.29, 0.717) is 21.9 Å². The van der Waals surface area contributed by atoms with Gasteiger partial charge in [0.1, 0.15) is 23.0 Å². The van der Waals surface area contributed by atoms with Crippen LogP contribution >= 0.6 is 11.6 Å². The van der Waals surface area contributed by atoms with E-state index in [1.54, 1.807) is 50.2 Å². The molecule has 44 heavy (non-hydrogen) atoms. The number of carbonyl (C=O) groups excluding carboxylic acids is 1. The Hall–Kier alpha value is -5.12. The highest BCUT2D eigenvalue weighted by molar-refractivity contribution is 7.92. The average molecular weight is 633 g/mol. The Balaban J connectivity index is 1.76. The monoisotopic (exact) mass is 632 g/mol. The molecule has 13 heteroatoms. The lowest BCUT2D eigenvalue weighted by molar-refractivity contribution is 0.0527. The van der Waals surface area contributed by atoms with Gasteiger partial charge in [-0.1, -0.05) is 35.9 Å². The van der Waals surface area contributed by atoms with Gasteiger partial charge in [-0.25, -0.2) is 13.2 Å². The number of benzene rings is 3. The molecule has 0 aliphatic heterocycles. The van der Waals surface area contributed by atoms with Crippen molar-refractivity contribution in [3.8, 4) is 17.2 Å². The Kier molecular flexibility index (Phi) is 9.42. The molecule has 11 nitrogen and oxygen atoms in total. The van der Waals surface area contributed by atoms with Crippen molar-refractivity contribution in [2.75, 3.05) is 36.1 Å². The van der Waals surface area contributed by atoms with Crippen LogP contribution in [-0.2, 0) is 14.8 Å². The van der Waals surface area contributed by atoms with E-state index in [4.69, 9.17) is 22.1 Å². The third kappa shape index (κ3) is 6.59. The summed E-state index contributed by atoms with van der Waals surface area (Å²) >= 11 is 5.86. The Bertz CT molecular complexity index is 1950. The number of anilines is 3. The quantitative estimate of drug-likeness (QED) is 0.194. The van der Waals surface area contributed by atoms with Crippen LogP contribution in [0.5, 0.6) is 0 Å². The third-order valence-electron chi connectivity index (χ3n) is 6.58. The Labute approximate surface area is 259 Å². The van der Waals surface area contributed by atoms with Crippen LogP contribution in [0.15, 0.2) is 87.6 Å². The molecule has 0 saturated heterocycles. The van der Waals surface area contributed by atoms with Crippen molar-refractivity contribution in [2.45, 2.75) is 18.7 Å². The van der Waals surface area contributed by atoms with Gasteiger partial charge in [-0.15, -0.1) is 0 Å². The van der Waals surface area contributed by atoms with Crippen LogP contribution in [0.25, 0.3) is 11.1 Å². The number of nitrogen functional groups attached to an aromatic ring is 1. The van der Waals surface area contributed by atoms with Crippen molar-refractivity contribution in [3.63, 3.8) is 0 Å². The van der Waals surface area contributed by atoms with E-state index in [9.17, 15) is 23.3 Å². The second-order valence-corrected chi connectivity index (χ2v) is 11.8. The Morgan fingerprint density at radius 2 is 1.68 bits per heavy atom. The number of hydrogen-bond acceptors (Lipinski definition) is 9. The fourth-order valence-corrected chi connectivity index (χ4v) is 5.51. The predicted octanol–water partition coefficient (Wildman–Crippen LogP) is 4.94. The predicted molar refractivity (Wildman–Crippen MR) is 172 cm³/mol. The van der Waals surface area contributed by atoms with Crippen LogP contribution < -0.4 is 20.9 Å². The number of ether oxygens (including phenoxy) is 1. The SMILES string of the molecule is CCOC(=O)c1c(-c2ccc(N(C)C)cc2)c(C#N)c(=O)n(/N=C(\C)c2ccc(NS(=O)(=O)c3ccc(Cl)cc3)cc2)c1N. The number of halogens is 1. The van der Waals surface area contributed by atoms with E-state index in [0.717, 1.165) is 10.4 Å². The molecule has 3 N–H and O–H groups in total. The summed E-state index contributed by atoms with van der Waals surface area (Å²) in [7, 11) is -0.124. The summed E-state index contributed by atoms with van der Waals surface area (Å²) in [4.78, 5) is 28.6. The van der Waals surface area contributed by atoms with Gasteiger partial charge in [0, 0.05) is 36.1 Å². The Morgan fingerprint density at radius 3 is 2.23 bits per heavy atom. The molecule has 3 aromatic carbocycles. The molecule has 0 unspecified atom stereocenters. The van der Waals surface area contributed by atoms with Gasteiger partial charge in [-0.3, -0.25) is 9.52 Å². The molecule has 0 atom stereocenters. The molecular weight excluding hydrogens is 604 g/mol. The van der Waals surface area contributed by atoms with E-state index in [-0.39, 0.29) is 39.7 Å². The number of nitrogens with zero attached hydrogens (tertiary/aromatic N) is 4. The van der Waals surface area contributed by atoms with E-state index in [1.165, 1.54) is 36.4 Å². The van der Waals surface area contributed by atoms with Gasteiger partial charge >= 0.3 is 5.97 Å². The van der Waals surface area contributed by atoms with E-state index >= 15 is 0 Å². The van der Waals surface area contributed by atoms with Crippen molar-refractivity contribution in [2.24, 2.45) is 5.10 Å². The first-order chi connectivity index (χ1) is 20.9. The van der Waals surface area contributed by atoms with Crippen LogP contribution in [0, 0.1) is 11.3 Å². The summed E-state index contributed by atoms with van der Waals surface area (Å²) in [5.74, 6) is -1.11. The summed E-state index contributed by atoms with van der Waals surface area (Å²) < 4.78 is 34.0. The topological polar surface area (TPSA) is 160 Å². The second kappa shape index (κ2) is 13.0. The lowest BCUT2D eigenvalue weighted by atomic mass is 9.95. The van der Waals surface area contributed by atoms with Crippen molar-refractivity contribution in [1.29, 1.82) is 5.26 Å². The molecule has 0 saturated carbocycles. The van der Waals surface area contributed by atoms with Gasteiger partial charge in [-0.05, 0) is 73.5 Å². The van der Waals surface area contributed by atoms with Crippen molar-refractivity contribution >= 4 is 50.5 Å². The summed E-state index contributed by atoms with van der Waals surface area (Å²) in [5.41, 5.74) is 7.54. The minimum absolute atomic E-state index is 0.0364. The molecule has 0 amide bonds. The van der Waals surface area contributed by atoms with Crippen LogP contribution in [0.1, 0.15) is 35.3 Å². The molecular formula is C31H29ClN6O5S. The maximum atomic E-state index is 13.6. The lowest BCUT2D eigenvalue weighted by Crippen LogP contribution is -2.28. The largest absolute Gasteiger partial charge is 0.462 e. The maximum Gasteiger partial charge on any atom is 0.342 e. The maximum absolute atomic E-state index is 13.6. The highest BCUT2D eigenvalue weighted by Gasteiger charge is 2.27. The number of esters is 1. The molecule has 0 aliphatic carbocycles. The van der Waals surface area contributed by atoms with Gasteiger partial charge in [0.05, 0.1) is 17.2 Å². The molecule has 1 heterocycles. The number of carbonyl (C=O) groups is 1. The number of sulfonamides is 1. The van der Waals surface area contributed by atoms with Crippen molar-refractivity contribution < 1.29 is 17.9 Å². The second-order valence-electron chi connectivity index (χ2n) is 9.72. The molecule has 0 aliphatic rings. The van der Waals surface area contributed by atoms with E-state index in [2.05, 4.69) is 9.82 Å². The molecule has 226 valence electrons. The third-order valence-corrected chi connectivity index (χ3v) is 8.23. The molecule has 0 spiro atoms. The summed E-state index contributed by atoms with van der Waals surface area (Å²) in [6.45, 7) is 3.26. The molecule has 0 fully saturated rings. The minimum Gasteiger partial charge on any atom is -0.462 e. The summed E-state index contributed by atoms with van der Waals surface area (Å²) in [6, 6.07) is 20.8. The van der Waals surface area contributed by atoms with Crippen molar-refractivity contribution in [3.05, 3.63) is 105 Å². The minimum atomic E-state index is -3.86. The zero-order valence-corrected chi connectivity index (χ0v) is 25.9. The zero-order valence-electron chi connectivity index (χ0n) is 24.3. The van der Waals surface area contributed by atoms with Crippen molar-refractivity contribution in [1.82, 2.24) is 4.68 Å². The highest BCUT2D eigenvalue weighted by atomic mass is 35.5. The first-order valence-electron chi connectivity index (χ1n) is 13.3. The summed E-state index contributed by atoms with van der Waals surface area (Å²) in [6.07, 6.45) is 0. The fourth-order valence-electron chi connectivity index (χ4n) is 4.32. The molecule has 1 aromatic heterocycles. The first-order valence-corrected chi connectivity index (χ1v) is 15.1. The normalized spacial score (nSPS) is 11.5. The number of nitriles is 1. The fraction of sp³-hybridized carbons (Fsp3) is 0.161. The lowest BCUT2D eigenvalue weighted by Gasteiger charge is -2.17. The van der Waals surface area contributed by atoms with Gasteiger partial charge in [0.15, 0.2) is 0 Å². The standard InChI is InChI=1S/C31H29ClN6O5S/c1-5-43-31(40)28-27(21-8-14-24(15-9-21)37(3)4)26(18-33)30(39)38(29(28)34)35-19(2)20-6-12-23(13-7-20)36-44(41,42)25-16-10-22(32)11-17-25/h6-17,36H,5,34H2,1-4H3/b35-19+. The molecule has 4 aromatic rings. The molecule has 0 bridgehead atoms. The van der Waals surface area contributed by atoms with Gasteiger partial charge in [0.25, 0.3) is 15.6 Å². The smallest absolute Gasteiger partial charge is 0.342 e. The van der Waals surface area contributed by atoms with Crippen LogP contribution in [0.2, 0.25) is 5.02 Å². The van der Waals surface area contributed by atoms with Crippen LogP contribution in [0.3, 0.4) is 0 Å². The van der Waals surface area contributed by atoms with Gasteiger partial charge in [-0.2, -0.15) is 15.0 Å². The number of pyridine rings is 1. The molecule has 0 radical (unpaired) electrons. The number of nitrogens with one attached hydrogen (secondary N) is 1. The average Bonchev–Trinajstić information content (AvgIpc) is 2.99. The van der Waals surface area contributed by atoms with E-state index in [1.807, 2.05) is 25.1 Å². The number of rotatable bonds is 9. The summed E-state index contributed by atoms with van der Waals surface area (Å²) in [5, 5.41) is 14.8. The molecule has 4 rings (SSSR count). The number of hydrogen-bond donors (Lipinski definition) is 2. The first kappa shape index (κ1) is 31.8. The number of aromatic nitrogens is 1. The Morgan fingerprint density at radius 1 is 1.07 bits per heavy atom.